The first kappa shape index (κ1) is 16.4. The lowest BCUT2D eigenvalue weighted by Crippen LogP contribution is -2.23. The van der Waals surface area contributed by atoms with Crippen molar-refractivity contribution in [1.29, 1.82) is 0 Å². The van der Waals surface area contributed by atoms with Crippen molar-refractivity contribution in [1.82, 2.24) is 0 Å². The van der Waals surface area contributed by atoms with E-state index >= 15 is 0 Å². The number of nitrogens with two attached hydrogens (primary N) is 1. The number of aliphatic hydroxyl groups excluding tert-OH is 1. The molecule has 0 saturated carbocycles. The fourth-order valence-electron chi connectivity index (χ4n) is 2.98. The SMILES string of the molecule is NC[C@H](C(=O)Cc1ccc2ccccc2c1)c1ccc(CO)cc1. The van der Waals surface area contributed by atoms with E-state index in [9.17, 15) is 4.79 Å². The van der Waals surface area contributed by atoms with E-state index in [1.165, 1.54) is 5.39 Å². The topological polar surface area (TPSA) is 63.3 Å². The highest BCUT2D eigenvalue weighted by Gasteiger charge is 2.19. The van der Waals surface area contributed by atoms with Gasteiger partial charge in [-0.25, -0.2) is 0 Å². The Balaban J connectivity index is 1.79. The number of hydrogen-bond acceptors (Lipinski definition) is 3. The minimum Gasteiger partial charge on any atom is -0.392 e. The van der Waals surface area contributed by atoms with Crippen LogP contribution in [0.2, 0.25) is 0 Å². The number of aliphatic hydroxyl groups is 1. The Morgan fingerprint density at radius 2 is 1.58 bits per heavy atom. The van der Waals surface area contributed by atoms with E-state index in [1.807, 2.05) is 48.5 Å². The van der Waals surface area contributed by atoms with Gasteiger partial charge in [0.2, 0.25) is 0 Å². The second-order valence-corrected chi connectivity index (χ2v) is 6.01. The quantitative estimate of drug-likeness (QED) is 0.733. The van der Waals surface area contributed by atoms with Crippen molar-refractivity contribution in [2.75, 3.05) is 6.54 Å². The molecule has 3 nitrogen and oxygen atoms in total. The van der Waals surface area contributed by atoms with Crippen LogP contribution in [0.15, 0.2) is 66.7 Å². The normalized spacial score (nSPS) is 12.2. The maximum Gasteiger partial charge on any atom is 0.145 e. The van der Waals surface area contributed by atoms with Gasteiger partial charge >= 0.3 is 0 Å². The van der Waals surface area contributed by atoms with Crippen LogP contribution in [-0.2, 0) is 17.8 Å². The van der Waals surface area contributed by atoms with E-state index in [0.717, 1.165) is 22.1 Å². The van der Waals surface area contributed by atoms with Crippen LogP contribution in [0, 0.1) is 0 Å². The molecule has 3 rings (SSSR count). The van der Waals surface area contributed by atoms with Crippen LogP contribution in [-0.4, -0.2) is 17.4 Å². The maximum atomic E-state index is 12.7. The standard InChI is InChI=1S/C21H21NO2/c22-13-20(18-9-5-15(14-23)6-10-18)21(24)12-16-7-8-17-3-1-2-4-19(17)11-16/h1-11,20,23H,12-14,22H2/t20-/m0/s1. The highest BCUT2D eigenvalue weighted by atomic mass is 16.3. The Morgan fingerprint density at radius 1 is 0.917 bits per heavy atom. The molecule has 24 heavy (non-hydrogen) atoms. The molecule has 0 unspecified atom stereocenters. The lowest BCUT2D eigenvalue weighted by Gasteiger charge is -2.15. The van der Waals surface area contributed by atoms with Gasteiger partial charge in [-0.3, -0.25) is 4.79 Å². The van der Waals surface area contributed by atoms with Crippen molar-refractivity contribution in [3.8, 4) is 0 Å². The first-order valence-electron chi connectivity index (χ1n) is 8.11. The third kappa shape index (κ3) is 3.53. The first-order chi connectivity index (χ1) is 11.7. The van der Waals surface area contributed by atoms with Gasteiger partial charge in [0.05, 0.1) is 12.5 Å². The second kappa shape index (κ2) is 7.39. The highest BCUT2D eigenvalue weighted by molar-refractivity contribution is 5.90. The van der Waals surface area contributed by atoms with Crippen LogP contribution in [0.3, 0.4) is 0 Å². The molecule has 3 aromatic carbocycles. The van der Waals surface area contributed by atoms with Crippen LogP contribution in [0.4, 0.5) is 0 Å². The molecular weight excluding hydrogens is 298 g/mol. The van der Waals surface area contributed by atoms with Gasteiger partial charge in [-0.1, -0.05) is 66.7 Å². The molecule has 0 saturated heterocycles. The Morgan fingerprint density at radius 3 is 2.25 bits per heavy atom. The van der Waals surface area contributed by atoms with E-state index < -0.39 is 0 Å². The molecule has 0 amide bonds. The number of rotatable bonds is 6. The lowest BCUT2D eigenvalue weighted by atomic mass is 9.90. The smallest absolute Gasteiger partial charge is 0.145 e. The highest BCUT2D eigenvalue weighted by Crippen LogP contribution is 2.21. The van der Waals surface area contributed by atoms with Crippen LogP contribution >= 0.6 is 0 Å². The molecule has 0 aliphatic carbocycles. The zero-order chi connectivity index (χ0) is 16.9. The predicted molar refractivity (Wildman–Crippen MR) is 96.8 cm³/mol. The van der Waals surface area contributed by atoms with Gasteiger partial charge in [0.15, 0.2) is 0 Å². The zero-order valence-electron chi connectivity index (χ0n) is 13.5. The van der Waals surface area contributed by atoms with E-state index in [2.05, 4.69) is 18.2 Å². The van der Waals surface area contributed by atoms with Crippen LogP contribution in [0.1, 0.15) is 22.6 Å². The summed E-state index contributed by atoms with van der Waals surface area (Å²) in [5.74, 6) is -0.200. The summed E-state index contributed by atoms with van der Waals surface area (Å²) in [4.78, 5) is 12.7. The van der Waals surface area contributed by atoms with Crippen LogP contribution in [0.25, 0.3) is 10.8 Å². The van der Waals surface area contributed by atoms with Crippen molar-refractivity contribution in [2.45, 2.75) is 18.9 Å². The average molecular weight is 319 g/mol. The summed E-state index contributed by atoms with van der Waals surface area (Å²) in [6.45, 7) is 0.281. The van der Waals surface area contributed by atoms with Crippen LogP contribution < -0.4 is 5.73 Å². The molecule has 0 fully saturated rings. The fraction of sp³-hybridized carbons (Fsp3) is 0.190. The first-order valence-corrected chi connectivity index (χ1v) is 8.11. The van der Waals surface area contributed by atoms with Gasteiger partial charge in [-0.15, -0.1) is 0 Å². The third-order valence-electron chi connectivity index (χ3n) is 4.38. The summed E-state index contributed by atoms with van der Waals surface area (Å²) in [7, 11) is 0. The third-order valence-corrected chi connectivity index (χ3v) is 4.38. The van der Waals surface area contributed by atoms with Crippen molar-refractivity contribution in [2.24, 2.45) is 5.73 Å². The summed E-state index contributed by atoms with van der Waals surface area (Å²) in [6.07, 6.45) is 0.369. The van der Waals surface area contributed by atoms with Crippen molar-refractivity contribution in [3.05, 3.63) is 83.4 Å². The largest absolute Gasteiger partial charge is 0.392 e. The minimum atomic E-state index is -0.316. The Bertz CT molecular complexity index is 840. The molecule has 3 heteroatoms. The predicted octanol–water partition coefficient (Wildman–Crippen LogP) is 3.19. The van der Waals surface area contributed by atoms with E-state index in [-0.39, 0.29) is 24.9 Å². The molecule has 0 spiro atoms. The summed E-state index contributed by atoms with van der Waals surface area (Å²) >= 11 is 0. The molecule has 0 aliphatic heterocycles. The van der Waals surface area contributed by atoms with Crippen molar-refractivity contribution < 1.29 is 9.90 Å². The molecule has 0 heterocycles. The molecule has 0 aliphatic rings. The summed E-state index contributed by atoms with van der Waals surface area (Å²) < 4.78 is 0. The summed E-state index contributed by atoms with van der Waals surface area (Å²) in [5.41, 5.74) is 8.59. The van der Waals surface area contributed by atoms with Gasteiger partial charge in [0.1, 0.15) is 5.78 Å². The lowest BCUT2D eigenvalue weighted by molar-refractivity contribution is -0.119. The van der Waals surface area contributed by atoms with Crippen LogP contribution in [0.5, 0.6) is 0 Å². The number of Topliss-reactive ketones (excluding diaryl/α,β-unsaturated/α-hetero) is 1. The van der Waals surface area contributed by atoms with Gasteiger partial charge in [-0.2, -0.15) is 0 Å². The van der Waals surface area contributed by atoms with Gasteiger partial charge in [0, 0.05) is 13.0 Å². The van der Waals surface area contributed by atoms with E-state index in [4.69, 9.17) is 10.8 Å². The Labute approximate surface area is 141 Å². The van der Waals surface area contributed by atoms with Gasteiger partial charge in [-0.05, 0) is 27.5 Å². The van der Waals surface area contributed by atoms with E-state index in [1.54, 1.807) is 0 Å². The number of benzene rings is 3. The van der Waals surface area contributed by atoms with Crippen molar-refractivity contribution >= 4 is 16.6 Å². The second-order valence-electron chi connectivity index (χ2n) is 6.01. The fourth-order valence-corrected chi connectivity index (χ4v) is 2.98. The summed E-state index contributed by atoms with van der Waals surface area (Å²) in [5, 5.41) is 11.4. The summed E-state index contributed by atoms with van der Waals surface area (Å²) in [6, 6.07) is 21.7. The number of hydrogen-bond donors (Lipinski definition) is 2. The zero-order valence-corrected chi connectivity index (χ0v) is 13.5. The number of carbonyl (C=O) groups is 1. The maximum absolute atomic E-state index is 12.7. The van der Waals surface area contributed by atoms with Gasteiger partial charge in [0.25, 0.3) is 0 Å². The molecule has 122 valence electrons. The van der Waals surface area contributed by atoms with Crippen molar-refractivity contribution in [3.63, 3.8) is 0 Å². The molecule has 0 aromatic heterocycles. The molecule has 3 N–H and O–H groups in total. The monoisotopic (exact) mass is 319 g/mol. The average Bonchev–Trinajstić information content (AvgIpc) is 2.63. The number of ketones is 1. The minimum absolute atomic E-state index is 0.00138. The molecule has 0 bridgehead atoms. The Kier molecular flexibility index (Phi) is 5.04. The molecule has 1 atom stereocenters. The van der Waals surface area contributed by atoms with E-state index in [0.29, 0.717) is 6.42 Å². The number of carbonyl (C=O) groups excluding carboxylic acids is 1. The molecular formula is C21H21NO2. The number of fused-ring (bicyclic) bond motifs is 1. The molecule has 0 radical (unpaired) electrons. The van der Waals surface area contributed by atoms with Gasteiger partial charge < -0.3 is 10.8 Å². The molecule has 3 aromatic rings. The Hall–Kier alpha value is -2.49.